The normalized spacial score (nSPS) is 14.1. The predicted octanol–water partition coefficient (Wildman–Crippen LogP) is -0.412. The Labute approximate surface area is 57.8 Å². The van der Waals surface area contributed by atoms with Crippen LogP contribution < -0.4 is 5.73 Å². The van der Waals surface area contributed by atoms with Crippen molar-refractivity contribution in [3.8, 4) is 0 Å². The number of aliphatic hydroxyl groups excluding tert-OH is 1. The Morgan fingerprint density at radius 3 is 2.40 bits per heavy atom. The lowest BCUT2D eigenvalue weighted by Gasteiger charge is -2.07. The lowest BCUT2D eigenvalue weighted by Crippen LogP contribution is -2.30. The molecule has 0 saturated carbocycles. The fourth-order valence-electron chi connectivity index (χ4n) is 0.361. The van der Waals surface area contributed by atoms with E-state index >= 15 is 0 Å². The fourth-order valence-corrected chi connectivity index (χ4v) is 0.361. The predicted molar refractivity (Wildman–Crippen MR) is 31.9 cm³/mol. The highest BCUT2D eigenvalue weighted by Gasteiger charge is 2.04. The summed E-state index contributed by atoms with van der Waals surface area (Å²) in [6.45, 7) is -0.891. The van der Waals surface area contributed by atoms with E-state index in [-0.39, 0.29) is 13.2 Å². The fraction of sp³-hybridized carbons (Fsp3) is 1.00. The van der Waals surface area contributed by atoms with Gasteiger partial charge in [0.2, 0.25) is 0 Å². The Morgan fingerprint density at radius 1 is 1.40 bits per heavy atom. The molecule has 3 nitrogen and oxygen atoms in total. The topological polar surface area (TPSA) is 55.5 Å². The molecule has 0 aliphatic rings. The van der Waals surface area contributed by atoms with E-state index in [0.717, 1.165) is 0 Å². The van der Waals surface area contributed by atoms with Crippen LogP contribution in [0, 0.1) is 0 Å². The molecule has 5 heteroatoms. The van der Waals surface area contributed by atoms with Crippen LogP contribution in [0.4, 0.5) is 8.78 Å². The third-order valence-electron chi connectivity index (χ3n) is 0.810. The first-order valence-electron chi connectivity index (χ1n) is 2.89. The van der Waals surface area contributed by atoms with Crippen LogP contribution in [0.15, 0.2) is 0 Å². The van der Waals surface area contributed by atoms with Crippen LogP contribution >= 0.6 is 0 Å². The highest BCUT2D eigenvalue weighted by atomic mass is 19.3. The van der Waals surface area contributed by atoms with E-state index in [4.69, 9.17) is 10.8 Å². The third kappa shape index (κ3) is 5.87. The summed E-state index contributed by atoms with van der Waals surface area (Å²) in [5, 5.41) is 8.31. The van der Waals surface area contributed by atoms with Crippen LogP contribution in [-0.2, 0) is 4.74 Å². The standard InChI is InChI=1S/C5H11F2NO2/c6-5(7)3-10-2-4(8)1-9/h4-5,9H,1-3,8H2. The molecule has 0 rings (SSSR count). The number of halogens is 2. The smallest absolute Gasteiger partial charge is 0.261 e. The molecule has 0 amide bonds. The second-order valence-electron chi connectivity index (χ2n) is 1.87. The SMILES string of the molecule is NC(CO)COCC(F)F. The zero-order valence-corrected chi connectivity index (χ0v) is 5.46. The van der Waals surface area contributed by atoms with Crippen molar-refractivity contribution in [3.05, 3.63) is 0 Å². The van der Waals surface area contributed by atoms with E-state index in [2.05, 4.69) is 4.74 Å². The van der Waals surface area contributed by atoms with Gasteiger partial charge in [-0.2, -0.15) is 0 Å². The minimum absolute atomic E-state index is 0.0269. The van der Waals surface area contributed by atoms with E-state index in [1.807, 2.05) is 0 Å². The monoisotopic (exact) mass is 155 g/mol. The molecule has 0 heterocycles. The van der Waals surface area contributed by atoms with E-state index in [1.54, 1.807) is 0 Å². The molecule has 0 aromatic rings. The van der Waals surface area contributed by atoms with Crippen LogP contribution in [0.3, 0.4) is 0 Å². The average Bonchev–Trinajstić information content (AvgIpc) is 1.87. The molecule has 1 unspecified atom stereocenters. The lowest BCUT2D eigenvalue weighted by atomic mass is 10.4. The van der Waals surface area contributed by atoms with Crippen LogP contribution in [-0.4, -0.2) is 37.4 Å². The van der Waals surface area contributed by atoms with Gasteiger partial charge in [0.25, 0.3) is 6.43 Å². The van der Waals surface area contributed by atoms with Crippen LogP contribution in [0.25, 0.3) is 0 Å². The number of hydrogen-bond donors (Lipinski definition) is 2. The summed E-state index contributed by atoms with van der Waals surface area (Å²) in [5.74, 6) is 0. The molecule has 0 fully saturated rings. The second kappa shape index (κ2) is 5.52. The molecular weight excluding hydrogens is 144 g/mol. The van der Waals surface area contributed by atoms with Gasteiger partial charge in [0.1, 0.15) is 6.61 Å². The maximum atomic E-state index is 11.4. The molecule has 0 aromatic heterocycles. The van der Waals surface area contributed by atoms with E-state index in [0.29, 0.717) is 0 Å². The first-order valence-corrected chi connectivity index (χ1v) is 2.89. The van der Waals surface area contributed by atoms with Crippen LogP contribution in [0.1, 0.15) is 0 Å². The van der Waals surface area contributed by atoms with Crippen molar-refractivity contribution in [2.75, 3.05) is 19.8 Å². The van der Waals surface area contributed by atoms with Crippen molar-refractivity contribution in [1.29, 1.82) is 0 Å². The van der Waals surface area contributed by atoms with Gasteiger partial charge in [0.05, 0.1) is 19.3 Å². The van der Waals surface area contributed by atoms with Crippen molar-refractivity contribution in [3.63, 3.8) is 0 Å². The molecule has 3 N–H and O–H groups in total. The Hall–Kier alpha value is -0.260. The average molecular weight is 155 g/mol. The van der Waals surface area contributed by atoms with E-state index < -0.39 is 19.1 Å². The number of hydrogen-bond acceptors (Lipinski definition) is 3. The molecule has 0 aromatic carbocycles. The van der Waals surface area contributed by atoms with Gasteiger partial charge in [-0.1, -0.05) is 0 Å². The summed E-state index contributed by atoms with van der Waals surface area (Å²) in [5.41, 5.74) is 5.14. The van der Waals surface area contributed by atoms with Crippen LogP contribution in [0.2, 0.25) is 0 Å². The first kappa shape index (κ1) is 9.74. The zero-order valence-electron chi connectivity index (χ0n) is 5.46. The maximum absolute atomic E-state index is 11.4. The molecular formula is C5H11F2NO2. The lowest BCUT2D eigenvalue weighted by molar-refractivity contribution is 0.00788. The summed E-state index contributed by atoms with van der Waals surface area (Å²) in [6.07, 6.45) is -2.47. The summed E-state index contributed by atoms with van der Waals surface area (Å²) >= 11 is 0. The van der Waals surface area contributed by atoms with Gasteiger partial charge in [-0.15, -0.1) is 0 Å². The van der Waals surface area contributed by atoms with Gasteiger partial charge >= 0.3 is 0 Å². The quantitative estimate of drug-likeness (QED) is 0.567. The Balaban J connectivity index is 3.03. The number of nitrogens with two attached hydrogens (primary N) is 1. The zero-order chi connectivity index (χ0) is 7.98. The van der Waals surface area contributed by atoms with Gasteiger partial charge in [-0.25, -0.2) is 8.78 Å². The largest absolute Gasteiger partial charge is 0.395 e. The minimum Gasteiger partial charge on any atom is -0.395 e. The number of alkyl halides is 2. The van der Waals surface area contributed by atoms with Crippen LogP contribution in [0.5, 0.6) is 0 Å². The Bertz CT molecular complexity index is 82.0. The molecule has 1 atom stereocenters. The highest BCUT2D eigenvalue weighted by Crippen LogP contribution is 1.92. The number of ether oxygens (including phenoxy) is 1. The van der Waals surface area contributed by atoms with Gasteiger partial charge in [-0.05, 0) is 0 Å². The first-order chi connectivity index (χ1) is 4.66. The summed E-state index contributed by atoms with van der Waals surface area (Å²) in [4.78, 5) is 0. The van der Waals surface area contributed by atoms with Gasteiger partial charge in [0.15, 0.2) is 0 Å². The third-order valence-corrected chi connectivity index (χ3v) is 0.810. The van der Waals surface area contributed by atoms with Crippen molar-refractivity contribution >= 4 is 0 Å². The van der Waals surface area contributed by atoms with Crippen molar-refractivity contribution in [2.24, 2.45) is 5.73 Å². The molecule has 0 radical (unpaired) electrons. The Kier molecular flexibility index (Phi) is 5.38. The second-order valence-corrected chi connectivity index (χ2v) is 1.87. The summed E-state index contributed by atoms with van der Waals surface area (Å²) < 4.78 is 27.1. The summed E-state index contributed by atoms with van der Waals surface area (Å²) in [7, 11) is 0. The maximum Gasteiger partial charge on any atom is 0.261 e. The summed E-state index contributed by atoms with van der Waals surface area (Å²) in [6, 6.07) is -0.557. The highest BCUT2D eigenvalue weighted by molar-refractivity contribution is 4.55. The molecule has 0 bridgehead atoms. The van der Waals surface area contributed by atoms with E-state index in [1.165, 1.54) is 0 Å². The van der Waals surface area contributed by atoms with Crippen molar-refractivity contribution in [2.45, 2.75) is 12.5 Å². The van der Waals surface area contributed by atoms with E-state index in [9.17, 15) is 8.78 Å². The Morgan fingerprint density at radius 2 is 2.00 bits per heavy atom. The molecule has 62 valence electrons. The van der Waals surface area contributed by atoms with Crippen molar-refractivity contribution in [1.82, 2.24) is 0 Å². The van der Waals surface area contributed by atoms with Crippen molar-refractivity contribution < 1.29 is 18.6 Å². The van der Waals surface area contributed by atoms with Gasteiger partial charge in [-0.3, -0.25) is 0 Å². The molecule has 0 saturated heterocycles. The minimum atomic E-state index is -2.47. The number of rotatable bonds is 5. The van der Waals surface area contributed by atoms with Gasteiger partial charge < -0.3 is 15.6 Å². The molecule has 0 aliphatic heterocycles. The molecule has 10 heavy (non-hydrogen) atoms. The molecule has 0 spiro atoms. The van der Waals surface area contributed by atoms with Gasteiger partial charge in [0, 0.05) is 0 Å². The number of aliphatic hydroxyl groups is 1. The molecule has 0 aliphatic carbocycles.